The average molecular weight is 819 g/mol. The van der Waals surface area contributed by atoms with E-state index in [-0.39, 0.29) is 30.9 Å². The maximum Gasteiger partial charge on any atom is 0.397 e. The summed E-state index contributed by atoms with van der Waals surface area (Å²) in [7, 11) is -5.10. The third kappa shape index (κ3) is 11.4. The highest BCUT2D eigenvalue weighted by molar-refractivity contribution is 7.80. The number of esters is 2. The Morgan fingerprint density at radius 1 is 0.603 bits per heavy atom. The van der Waals surface area contributed by atoms with Crippen LogP contribution in [-0.4, -0.2) is 92.9 Å². The highest BCUT2D eigenvalue weighted by Crippen LogP contribution is 2.36. The van der Waals surface area contributed by atoms with Crippen LogP contribution in [0.1, 0.15) is 45.7 Å². The van der Waals surface area contributed by atoms with Crippen LogP contribution in [-0.2, 0) is 65.7 Å². The summed E-state index contributed by atoms with van der Waals surface area (Å²) < 4.78 is 90.2. The summed E-state index contributed by atoms with van der Waals surface area (Å²) >= 11 is 0. The monoisotopic (exact) mass is 818 g/mol. The molecular weight excluding hydrogens is 773 g/mol. The van der Waals surface area contributed by atoms with Gasteiger partial charge in [0.25, 0.3) is 0 Å². The molecule has 58 heavy (non-hydrogen) atoms. The van der Waals surface area contributed by atoms with Gasteiger partial charge in [-0.05, 0) is 49.2 Å². The smallest absolute Gasteiger partial charge is 0.397 e. The number of hydrogen-bond acceptors (Lipinski definition) is 13. The molecule has 0 radical (unpaired) electrons. The van der Waals surface area contributed by atoms with Crippen molar-refractivity contribution in [2.45, 2.75) is 88.5 Å². The van der Waals surface area contributed by atoms with Crippen molar-refractivity contribution in [1.29, 1.82) is 0 Å². The minimum Gasteiger partial charge on any atom is -0.452 e. The van der Waals surface area contributed by atoms with Crippen LogP contribution in [0.4, 0.5) is 0 Å². The molecule has 2 aliphatic heterocycles. The second-order valence-corrected chi connectivity index (χ2v) is 14.7. The third-order valence-corrected chi connectivity index (χ3v) is 9.90. The van der Waals surface area contributed by atoms with Crippen molar-refractivity contribution in [3.8, 4) is 0 Å². The standard InChI is InChI=1S/C43H46O14S/c1-4-25-49-42-38(50-26-30-17-9-5-10-18-30)37(35(29(3)52-42)57-58(46,47)48)56-43-39(51-27-31-19-11-6-12-20-31)36(55-41(45)33-23-15-8-16-24-33)34(28(2)53-43)54-40(44)32-21-13-7-14-22-32/h4-24,28-29,34-39,42-43H,1,25-27H2,2-3H3,(H,46,47,48)/t28-,29-,34+,35+,36+,37+,38-,39-,42+,43-/m0/s1. The van der Waals surface area contributed by atoms with Crippen molar-refractivity contribution in [2.24, 2.45) is 0 Å². The van der Waals surface area contributed by atoms with Crippen LogP contribution < -0.4 is 0 Å². The van der Waals surface area contributed by atoms with Crippen molar-refractivity contribution < 1.29 is 64.6 Å². The van der Waals surface area contributed by atoms with Gasteiger partial charge in [-0.25, -0.2) is 13.8 Å². The fraction of sp³-hybridized carbons (Fsp3) is 0.349. The summed E-state index contributed by atoms with van der Waals surface area (Å²) in [6.07, 6.45) is -11.4. The van der Waals surface area contributed by atoms with Gasteiger partial charge in [-0.15, -0.1) is 6.58 Å². The number of benzene rings is 4. The van der Waals surface area contributed by atoms with E-state index in [1.807, 2.05) is 60.7 Å². The molecule has 2 fully saturated rings. The highest BCUT2D eigenvalue weighted by atomic mass is 32.3. The molecule has 14 nitrogen and oxygen atoms in total. The largest absolute Gasteiger partial charge is 0.452 e. The molecule has 2 saturated heterocycles. The van der Waals surface area contributed by atoms with E-state index in [9.17, 15) is 22.6 Å². The van der Waals surface area contributed by atoms with Gasteiger partial charge in [0, 0.05) is 0 Å². The van der Waals surface area contributed by atoms with Crippen LogP contribution in [0.15, 0.2) is 134 Å². The molecule has 15 heteroatoms. The first-order valence-electron chi connectivity index (χ1n) is 18.7. The Kier molecular flexibility index (Phi) is 14.9. The van der Waals surface area contributed by atoms with Crippen molar-refractivity contribution in [3.05, 3.63) is 156 Å². The fourth-order valence-electron chi connectivity index (χ4n) is 6.65. The quantitative estimate of drug-likeness (QED) is 0.0762. The SMILES string of the molecule is C=CCO[C@@H]1O[C@@H](C)[C@@H](OS(=O)(=O)O)[C@@H](O[C@@H]2O[C@@H](C)[C@@H](OC(=O)c3ccccc3)[C@@H](OC(=O)c3ccccc3)[C@@H]2OCc2ccccc2)[C@@H]1OCc1ccccc1. The van der Waals surface area contributed by atoms with Gasteiger partial charge in [0.2, 0.25) is 0 Å². The maximum absolute atomic E-state index is 13.8. The third-order valence-electron chi connectivity index (χ3n) is 9.43. The minimum atomic E-state index is -5.10. The summed E-state index contributed by atoms with van der Waals surface area (Å²) in [5.41, 5.74) is 1.95. The molecule has 0 saturated carbocycles. The first-order valence-corrected chi connectivity index (χ1v) is 20.0. The highest BCUT2D eigenvalue weighted by Gasteiger charge is 2.55. The zero-order valence-electron chi connectivity index (χ0n) is 31.9. The van der Waals surface area contributed by atoms with E-state index in [0.29, 0.717) is 0 Å². The number of rotatable bonds is 17. The Balaban J connectivity index is 1.41. The molecule has 0 aliphatic carbocycles. The molecule has 308 valence electrons. The second-order valence-electron chi connectivity index (χ2n) is 13.6. The molecule has 0 bridgehead atoms. The maximum atomic E-state index is 13.8. The van der Waals surface area contributed by atoms with Gasteiger partial charge in [-0.1, -0.05) is 103 Å². The first kappa shape index (κ1) is 42.8. The topological polar surface area (TPSA) is 172 Å². The zero-order valence-corrected chi connectivity index (χ0v) is 32.7. The van der Waals surface area contributed by atoms with Crippen molar-refractivity contribution in [2.75, 3.05) is 6.61 Å². The van der Waals surface area contributed by atoms with Crippen molar-refractivity contribution >= 4 is 22.3 Å². The van der Waals surface area contributed by atoms with Crippen LogP contribution in [0.3, 0.4) is 0 Å². The molecule has 1 N–H and O–H groups in total. The summed E-state index contributed by atoms with van der Waals surface area (Å²) in [6.45, 7) is 6.81. The fourth-order valence-corrected chi connectivity index (χ4v) is 7.20. The van der Waals surface area contributed by atoms with Crippen molar-refractivity contribution in [1.82, 2.24) is 0 Å². The first-order chi connectivity index (χ1) is 28.0. The van der Waals surface area contributed by atoms with E-state index in [0.717, 1.165) is 11.1 Å². The van der Waals surface area contributed by atoms with Gasteiger partial charge in [0.05, 0.1) is 43.2 Å². The Morgan fingerprint density at radius 3 is 1.52 bits per heavy atom. The molecule has 0 spiro atoms. The van der Waals surface area contributed by atoms with Crippen LogP contribution in [0.2, 0.25) is 0 Å². The lowest BCUT2D eigenvalue weighted by Gasteiger charge is -2.48. The normalized spacial score (nSPS) is 27.3. The molecule has 0 unspecified atom stereocenters. The lowest BCUT2D eigenvalue weighted by Crippen LogP contribution is -2.65. The zero-order chi connectivity index (χ0) is 41.1. The molecule has 0 aromatic heterocycles. The number of carbonyl (C=O) groups excluding carboxylic acids is 2. The summed E-state index contributed by atoms with van der Waals surface area (Å²) in [6, 6.07) is 34.8. The summed E-state index contributed by atoms with van der Waals surface area (Å²) in [5, 5.41) is 0. The Labute approximate surface area is 337 Å². The molecule has 0 amide bonds. The number of hydrogen-bond donors (Lipinski definition) is 1. The predicted molar refractivity (Wildman–Crippen MR) is 207 cm³/mol. The van der Waals surface area contributed by atoms with Crippen LogP contribution >= 0.6 is 0 Å². The number of ether oxygens (including phenoxy) is 8. The molecule has 2 heterocycles. The van der Waals surface area contributed by atoms with E-state index < -0.39 is 83.7 Å². The minimum absolute atomic E-state index is 0.000337. The Bertz CT molecular complexity index is 2020. The van der Waals surface area contributed by atoms with Gasteiger partial charge < -0.3 is 37.9 Å². The van der Waals surface area contributed by atoms with Crippen LogP contribution in [0.25, 0.3) is 0 Å². The Hall–Kier alpha value is -4.81. The van der Waals surface area contributed by atoms with Gasteiger partial charge in [-0.2, -0.15) is 8.42 Å². The van der Waals surface area contributed by atoms with Gasteiger partial charge in [0.15, 0.2) is 24.8 Å². The molecule has 4 aromatic rings. The Morgan fingerprint density at radius 2 is 1.03 bits per heavy atom. The van der Waals surface area contributed by atoms with E-state index in [4.69, 9.17) is 42.1 Å². The van der Waals surface area contributed by atoms with E-state index in [1.54, 1.807) is 67.6 Å². The van der Waals surface area contributed by atoms with Crippen LogP contribution in [0.5, 0.6) is 0 Å². The number of carbonyl (C=O) groups is 2. The van der Waals surface area contributed by atoms with Gasteiger partial charge in [0.1, 0.15) is 24.4 Å². The van der Waals surface area contributed by atoms with Gasteiger partial charge in [-0.3, -0.25) is 4.55 Å². The summed E-state index contributed by atoms with van der Waals surface area (Å²) in [5.74, 6) is -1.46. The lowest BCUT2D eigenvalue weighted by molar-refractivity contribution is -0.360. The predicted octanol–water partition coefficient (Wildman–Crippen LogP) is 5.87. The molecular formula is C43H46O14S. The summed E-state index contributed by atoms with van der Waals surface area (Å²) in [4.78, 5) is 27.4. The average Bonchev–Trinajstić information content (AvgIpc) is 3.23. The van der Waals surface area contributed by atoms with Crippen molar-refractivity contribution in [3.63, 3.8) is 0 Å². The molecule has 6 rings (SSSR count). The molecule has 4 aromatic carbocycles. The second kappa shape index (κ2) is 20.2. The van der Waals surface area contributed by atoms with Gasteiger partial charge >= 0.3 is 22.3 Å². The van der Waals surface area contributed by atoms with E-state index >= 15 is 0 Å². The van der Waals surface area contributed by atoms with Crippen LogP contribution in [0, 0.1) is 0 Å². The lowest BCUT2D eigenvalue weighted by atomic mass is 9.96. The van der Waals surface area contributed by atoms with E-state index in [1.165, 1.54) is 13.0 Å². The molecule has 2 aliphatic rings. The molecule has 10 atom stereocenters. The van der Waals surface area contributed by atoms with E-state index in [2.05, 4.69) is 6.58 Å².